The van der Waals surface area contributed by atoms with Crippen molar-refractivity contribution in [1.82, 2.24) is 4.90 Å². The molecule has 2 aliphatic heterocycles. The van der Waals surface area contributed by atoms with Crippen LogP contribution in [-0.4, -0.2) is 43.0 Å². The van der Waals surface area contributed by atoms with E-state index in [2.05, 4.69) is 5.32 Å². The number of hydrogen-bond acceptors (Lipinski definition) is 4. The van der Waals surface area contributed by atoms with Crippen molar-refractivity contribution < 1.29 is 19.1 Å². The Labute approximate surface area is 147 Å². The maximum absolute atomic E-state index is 12.5. The minimum Gasteiger partial charge on any atom is -0.490 e. The van der Waals surface area contributed by atoms with Gasteiger partial charge < -0.3 is 19.7 Å². The number of fused-ring (bicyclic) bond motifs is 1. The summed E-state index contributed by atoms with van der Waals surface area (Å²) in [5.41, 5.74) is 0.728. The number of carbonyl (C=O) groups is 2. The van der Waals surface area contributed by atoms with Crippen LogP contribution in [0.2, 0.25) is 0 Å². The summed E-state index contributed by atoms with van der Waals surface area (Å²) in [6, 6.07) is 5.51. The predicted molar refractivity (Wildman–Crippen MR) is 92.7 cm³/mol. The maximum atomic E-state index is 12.5. The van der Waals surface area contributed by atoms with E-state index in [0.29, 0.717) is 32.1 Å². The molecule has 25 heavy (non-hydrogen) atoms. The van der Waals surface area contributed by atoms with Crippen molar-refractivity contribution in [2.24, 2.45) is 11.8 Å². The smallest absolute Gasteiger partial charge is 0.227 e. The van der Waals surface area contributed by atoms with Crippen LogP contribution in [0.4, 0.5) is 5.69 Å². The van der Waals surface area contributed by atoms with Gasteiger partial charge in [0.2, 0.25) is 11.8 Å². The summed E-state index contributed by atoms with van der Waals surface area (Å²) < 4.78 is 11.3. The first-order valence-electron chi connectivity index (χ1n) is 9.20. The number of nitrogens with one attached hydrogen (secondary N) is 1. The first-order valence-corrected chi connectivity index (χ1v) is 9.20. The Kier molecular flexibility index (Phi) is 4.51. The van der Waals surface area contributed by atoms with Gasteiger partial charge >= 0.3 is 0 Å². The molecule has 4 rings (SSSR count). The molecule has 3 aliphatic rings. The molecule has 1 aromatic carbocycles. The van der Waals surface area contributed by atoms with E-state index in [0.717, 1.165) is 43.5 Å². The lowest BCUT2D eigenvalue weighted by molar-refractivity contribution is -0.135. The SMILES string of the molecule is O=C(Nc1ccc2c(c1)OCCCO2)C1CCN(C(=O)C2CC2)CC1. The van der Waals surface area contributed by atoms with E-state index in [1.54, 1.807) is 0 Å². The minimum atomic E-state index is -0.0424. The first-order chi connectivity index (χ1) is 12.2. The minimum absolute atomic E-state index is 0.0213. The van der Waals surface area contributed by atoms with Crippen molar-refractivity contribution >= 4 is 17.5 Å². The number of carbonyl (C=O) groups excluding carboxylic acids is 2. The lowest BCUT2D eigenvalue weighted by atomic mass is 9.95. The molecule has 134 valence electrons. The molecule has 1 aromatic rings. The van der Waals surface area contributed by atoms with E-state index in [9.17, 15) is 9.59 Å². The maximum Gasteiger partial charge on any atom is 0.227 e. The number of ether oxygens (including phenoxy) is 2. The molecular weight excluding hydrogens is 320 g/mol. The van der Waals surface area contributed by atoms with Crippen LogP contribution in [0.25, 0.3) is 0 Å². The van der Waals surface area contributed by atoms with Crippen LogP contribution in [0.5, 0.6) is 11.5 Å². The number of hydrogen-bond donors (Lipinski definition) is 1. The van der Waals surface area contributed by atoms with Crippen molar-refractivity contribution in [3.8, 4) is 11.5 Å². The second kappa shape index (κ2) is 6.94. The Morgan fingerprint density at radius 1 is 0.960 bits per heavy atom. The zero-order chi connectivity index (χ0) is 17.2. The van der Waals surface area contributed by atoms with Crippen LogP contribution in [0.3, 0.4) is 0 Å². The van der Waals surface area contributed by atoms with Gasteiger partial charge in [0.25, 0.3) is 0 Å². The van der Waals surface area contributed by atoms with Gasteiger partial charge in [-0.2, -0.15) is 0 Å². The third-order valence-electron chi connectivity index (χ3n) is 5.12. The fourth-order valence-electron chi connectivity index (χ4n) is 3.44. The van der Waals surface area contributed by atoms with Gasteiger partial charge in [0.15, 0.2) is 11.5 Å². The van der Waals surface area contributed by atoms with Gasteiger partial charge in [0.05, 0.1) is 13.2 Å². The van der Waals surface area contributed by atoms with E-state index in [1.807, 2.05) is 23.1 Å². The Hall–Kier alpha value is -2.24. The topological polar surface area (TPSA) is 67.9 Å². The van der Waals surface area contributed by atoms with Gasteiger partial charge in [-0.1, -0.05) is 0 Å². The molecule has 1 N–H and O–H groups in total. The number of benzene rings is 1. The van der Waals surface area contributed by atoms with Gasteiger partial charge in [0, 0.05) is 43.1 Å². The van der Waals surface area contributed by atoms with Gasteiger partial charge in [-0.05, 0) is 37.8 Å². The summed E-state index contributed by atoms with van der Waals surface area (Å²) >= 11 is 0. The van der Waals surface area contributed by atoms with Crippen LogP contribution in [0, 0.1) is 11.8 Å². The largest absolute Gasteiger partial charge is 0.490 e. The summed E-state index contributed by atoms with van der Waals surface area (Å²) in [6.07, 6.45) is 4.38. The molecule has 0 unspecified atom stereocenters. The summed E-state index contributed by atoms with van der Waals surface area (Å²) in [5.74, 6) is 1.92. The molecule has 2 fully saturated rings. The normalized spacial score (nSPS) is 20.7. The van der Waals surface area contributed by atoms with Crippen molar-refractivity contribution in [1.29, 1.82) is 0 Å². The van der Waals surface area contributed by atoms with Crippen LogP contribution >= 0.6 is 0 Å². The molecule has 1 saturated carbocycles. The summed E-state index contributed by atoms with van der Waals surface area (Å²) in [7, 11) is 0. The Bertz CT molecular complexity index is 663. The standard InChI is InChI=1S/C19H24N2O4/c22-18(13-6-8-21(9-7-13)19(23)14-2-3-14)20-15-4-5-16-17(12-15)25-11-1-10-24-16/h4-5,12-14H,1-3,6-11H2,(H,20,22). The third kappa shape index (κ3) is 3.72. The molecule has 6 nitrogen and oxygen atoms in total. The fourth-order valence-corrected chi connectivity index (χ4v) is 3.44. The highest BCUT2D eigenvalue weighted by Gasteiger charge is 2.36. The molecule has 0 radical (unpaired) electrons. The lowest BCUT2D eigenvalue weighted by Crippen LogP contribution is -2.42. The van der Waals surface area contributed by atoms with Gasteiger partial charge in [-0.25, -0.2) is 0 Å². The van der Waals surface area contributed by atoms with E-state index in [-0.39, 0.29) is 23.7 Å². The monoisotopic (exact) mass is 344 g/mol. The van der Waals surface area contributed by atoms with Crippen LogP contribution in [0.1, 0.15) is 32.1 Å². The number of likely N-dealkylation sites (tertiary alicyclic amines) is 1. The highest BCUT2D eigenvalue weighted by Crippen LogP contribution is 2.34. The van der Waals surface area contributed by atoms with Crippen molar-refractivity contribution in [3.63, 3.8) is 0 Å². The molecule has 6 heteroatoms. The van der Waals surface area contributed by atoms with Gasteiger partial charge in [-0.15, -0.1) is 0 Å². The second-order valence-corrected chi connectivity index (χ2v) is 7.08. The number of piperidine rings is 1. The lowest BCUT2D eigenvalue weighted by Gasteiger charge is -2.31. The zero-order valence-electron chi connectivity index (χ0n) is 14.3. The van der Waals surface area contributed by atoms with Crippen LogP contribution in [-0.2, 0) is 9.59 Å². The summed E-state index contributed by atoms with van der Waals surface area (Å²) in [6.45, 7) is 2.65. The molecule has 1 aliphatic carbocycles. The Morgan fingerprint density at radius 3 is 2.40 bits per heavy atom. The van der Waals surface area contributed by atoms with Gasteiger partial charge in [0.1, 0.15) is 0 Å². The highest BCUT2D eigenvalue weighted by atomic mass is 16.5. The number of rotatable bonds is 3. The average Bonchev–Trinajstić information content (AvgIpc) is 3.48. The second-order valence-electron chi connectivity index (χ2n) is 7.08. The molecule has 2 heterocycles. The summed E-state index contributed by atoms with van der Waals surface area (Å²) in [4.78, 5) is 26.6. The molecular formula is C19H24N2O4. The predicted octanol–water partition coefficient (Wildman–Crippen LogP) is 2.44. The van der Waals surface area contributed by atoms with Crippen LogP contribution in [0.15, 0.2) is 18.2 Å². The van der Waals surface area contributed by atoms with E-state index < -0.39 is 0 Å². The number of nitrogens with zero attached hydrogens (tertiary/aromatic N) is 1. The van der Waals surface area contributed by atoms with E-state index >= 15 is 0 Å². The quantitative estimate of drug-likeness (QED) is 0.914. The first kappa shape index (κ1) is 16.2. The van der Waals surface area contributed by atoms with E-state index in [1.165, 1.54) is 0 Å². The van der Waals surface area contributed by atoms with Crippen molar-refractivity contribution in [3.05, 3.63) is 18.2 Å². The van der Waals surface area contributed by atoms with Crippen molar-refractivity contribution in [2.45, 2.75) is 32.1 Å². The van der Waals surface area contributed by atoms with Crippen molar-refractivity contribution in [2.75, 3.05) is 31.6 Å². The molecule has 1 saturated heterocycles. The molecule has 2 amide bonds. The highest BCUT2D eigenvalue weighted by molar-refractivity contribution is 5.93. The third-order valence-corrected chi connectivity index (χ3v) is 5.12. The molecule has 0 atom stereocenters. The molecule has 0 bridgehead atoms. The number of amides is 2. The molecule has 0 spiro atoms. The zero-order valence-corrected chi connectivity index (χ0v) is 14.3. The molecule has 0 aromatic heterocycles. The average molecular weight is 344 g/mol. The Morgan fingerprint density at radius 2 is 1.68 bits per heavy atom. The van der Waals surface area contributed by atoms with Crippen LogP contribution < -0.4 is 14.8 Å². The fraction of sp³-hybridized carbons (Fsp3) is 0.579. The summed E-state index contributed by atoms with van der Waals surface area (Å²) in [5, 5.41) is 2.98. The number of anilines is 1. The van der Waals surface area contributed by atoms with Gasteiger partial charge in [-0.3, -0.25) is 9.59 Å². The Balaban J connectivity index is 1.33. The van der Waals surface area contributed by atoms with E-state index in [4.69, 9.17) is 9.47 Å².